The highest BCUT2D eigenvalue weighted by atomic mass is 32.1. The summed E-state index contributed by atoms with van der Waals surface area (Å²) in [7, 11) is 0. The first-order chi connectivity index (χ1) is 12.7. The molecule has 2 aliphatic rings. The van der Waals surface area contributed by atoms with Gasteiger partial charge in [0.15, 0.2) is 0 Å². The van der Waals surface area contributed by atoms with Gasteiger partial charge in [0.25, 0.3) is 0 Å². The minimum Gasteiger partial charge on any atom is -0.352 e. The highest BCUT2D eigenvalue weighted by molar-refractivity contribution is 7.18. The van der Waals surface area contributed by atoms with E-state index in [1.807, 2.05) is 6.92 Å². The molecule has 0 N–H and O–H groups in total. The Kier molecular flexibility index (Phi) is 5.11. The van der Waals surface area contributed by atoms with E-state index in [0.29, 0.717) is 5.91 Å². The van der Waals surface area contributed by atoms with Crippen LogP contribution in [0.2, 0.25) is 0 Å². The van der Waals surface area contributed by atoms with Crippen molar-refractivity contribution in [2.24, 2.45) is 5.92 Å². The number of amides is 1. The molecule has 1 amide bonds. The molecule has 1 aliphatic heterocycles. The monoisotopic (exact) mass is 372 g/mol. The maximum Gasteiger partial charge on any atom is 0.225 e. The first-order valence-corrected chi connectivity index (χ1v) is 10.8. The number of carbonyl (C=O) groups excluding carboxylic acids is 1. The summed E-state index contributed by atoms with van der Waals surface area (Å²) >= 11 is 1.77. The quantitative estimate of drug-likeness (QED) is 0.822. The molecule has 0 bridgehead atoms. The van der Waals surface area contributed by atoms with Crippen LogP contribution in [0.15, 0.2) is 6.07 Å². The Labute approximate surface area is 159 Å². The van der Waals surface area contributed by atoms with Crippen LogP contribution in [-0.2, 0) is 11.2 Å². The number of thiophene rings is 1. The van der Waals surface area contributed by atoms with Crippen LogP contribution in [0.3, 0.4) is 0 Å². The van der Waals surface area contributed by atoms with Gasteiger partial charge in [-0.15, -0.1) is 11.3 Å². The first kappa shape index (κ1) is 17.7. The van der Waals surface area contributed by atoms with Crippen molar-refractivity contribution in [3.8, 4) is 0 Å². The molecule has 140 valence electrons. The predicted octanol–water partition coefficient (Wildman–Crippen LogP) is 3.79. The summed E-state index contributed by atoms with van der Waals surface area (Å²) in [5.74, 6) is 2.54. The van der Waals surface area contributed by atoms with Crippen LogP contribution < -0.4 is 4.90 Å². The zero-order valence-electron chi connectivity index (χ0n) is 15.8. The van der Waals surface area contributed by atoms with Gasteiger partial charge in [-0.05, 0) is 32.3 Å². The fourth-order valence-corrected chi connectivity index (χ4v) is 5.23. The molecule has 5 nitrogen and oxygen atoms in total. The van der Waals surface area contributed by atoms with Crippen LogP contribution >= 0.6 is 11.3 Å². The van der Waals surface area contributed by atoms with Crippen LogP contribution in [0.25, 0.3) is 10.2 Å². The van der Waals surface area contributed by atoms with E-state index in [-0.39, 0.29) is 5.92 Å². The topological polar surface area (TPSA) is 49.3 Å². The van der Waals surface area contributed by atoms with Crippen LogP contribution in [-0.4, -0.2) is 47.0 Å². The Morgan fingerprint density at radius 2 is 1.88 bits per heavy atom. The molecule has 1 saturated heterocycles. The maximum absolute atomic E-state index is 12.8. The fourth-order valence-electron chi connectivity index (χ4n) is 4.22. The van der Waals surface area contributed by atoms with Crippen LogP contribution in [0.5, 0.6) is 0 Å². The number of fused-ring (bicyclic) bond motifs is 1. The predicted molar refractivity (Wildman–Crippen MR) is 107 cm³/mol. The second kappa shape index (κ2) is 7.51. The molecule has 2 aromatic rings. The molecule has 2 aromatic heterocycles. The van der Waals surface area contributed by atoms with E-state index >= 15 is 0 Å². The van der Waals surface area contributed by atoms with E-state index in [4.69, 9.17) is 4.98 Å². The lowest BCUT2D eigenvalue weighted by atomic mass is 9.88. The van der Waals surface area contributed by atoms with Gasteiger partial charge in [-0.2, -0.15) is 0 Å². The molecule has 1 saturated carbocycles. The zero-order valence-corrected chi connectivity index (χ0v) is 16.6. The van der Waals surface area contributed by atoms with E-state index in [1.165, 1.54) is 29.5 Å². The largest absolute Gasteiger partial charge is 0.352 e. The Hall–Kier alpha value is -1.69. The number of rotatable bonds is 3. The molecule has 26 heavy (non-hydrogen) atoms. The number of aromatic nitrogens is 2. The molecule has 1 aliphatic carbocycles. The van der Waals surface area contributed by atoms with Crippen molar-refractivity contribution in [3.63, 3.8) is 0 Å². The number of hydrogen-bond donors (Lipinski definition) is 0. The van der Waals surface area contributed by atoms with Gasteiger partial charge in [0, 0.05) is 37.0 Å². The summed E-state index contributed by atoms with van der Waals surface area (Å²) in [5.41, 5.74) is 0. The van der Waals surface area contributed by atoms with E-state index in [9.17, 15) is 4.79 Å². The molecule has 2 fully saturated rings. The summed E-state index contributed by atoms with van der Waals surface area (Å²) in [4.78, 5) is 29.0. The average molecular weight is 373 g/mol. The van der Waals surface area contributed by atoms with Crippen molar-refractivity contribution in [2.45, 2.75) is 52.4 Å². The molecular weight excluding hydrogens is 344 g/mol. The lowest BCUT2D eigenvalue weighted by Crippen LogP contribution is -2.50. The van der Waals surface area contributed by atoms with Gasteiger partial charge in [0.2, 0.25) is 5.91 Å². The van der Waals surface area contributed by atoms with Crippen molar-refractivity contribution in [3.05, 3.63) is 16.8 Å². The number of anilines is 1. The normalized spacial score (nSPS) is 19.3. The number of carbonyl (C=O) groups is 1. The molecule has 3 heterocycles. The van der Waals surface area contributed by atoms with Gasteiger partial charge in [-0.1, -0.05) is 26.2 Å². The number of aryl methyl sites for hydroxylation is 2. The van der Waals surface area contributed by atoms with Crippen molar-refractivity contribution >= 4 is 33.3 Å². The summed E-state index contributed by atoms with van der Waals surface area (Å²) in [6.07, 6.45) is 6.92. The van der Waals surface area contributed by atoms with Crippen LogP contribution in [0.4, 0.5) is 5.82 Å². The summed E-state index contributed by atoms with van der Waals surface area (Å²) in [6.45, 7) is 7.50. The van der Waals surface area contributed by atoms with Gasteiger partial charge in [-0.25, -0.2) is 9.97 Å². The highest BCUT2D eigenvalue weighted by Crippen LogP contribution is 2.32. The second-order valence-corrected chi connectivity index (χ2v) is 8.64. The maximum atomic E-state index is 12.8. The highest BCUT2D eigenvalue weighted by Gasteiger charge is 2.29. The summed E-state index contributed by atoms with van der Waals surface area (Å²) < 4.78 is 0. The molecule has 0 radical (unpaired) electrons. The average Bonchev–Trinajstić information content (AvgIpc) is 3.10. The summed E-state index contributed by atoms with van der Waals surface area (Å²) in [5, 5.41) is 1.17. The van der Waals surface area contributed by atoms with Crippen molar-refractivity contribution in [1.82, 2.24) is 14.9 Å². The third-order valence-electron chi connectivity index (χ3n) is 5.73. The molecular formula is C20H28N4OS. The van der Waals surface area contributed by atoms with Gasteiger partial charge in [-0.3, -0.25) is 4.79 Å². The third-order valence-corrected chi connectivity index (χ3v) is 6.90. The zero-order chi connectivity index (χ0) is 18.1. The van der Waals surface area contributed by atoms with Crippen LogP contribution in [0, 0.1) is 12.8 Å². The lowest BCUT2D eigenvalue weighted by Gasteiger charge is -2.37. The van der Waals surface area contributed by atoms with E-state index in [0.717, 1.165) is 61.9 Å². The fraction of sp³-hybridized carbons (Fsp3) is 0.650. The molecule has 0 atom stereocenters. The number of hydrogen-bond acceptors (Lipinski definition) is 5. The minimum atomic E-state index is 0.271. The molecule has 0 unspecified atom stereocenters. The van der Waals surface area contributed by atoms with Crippen LogP contribution in [0.1, 0.15) is 49.7 Å². The first-order valence-electron chi connectivity index (χ1n) is 9.96. The Morgan fingerprint density at radius 1 is 1.15 bits per heavy atom. The van der Waals surface area contributed by atoms with E-state index < -0.39 is 0 Å². The Balaban J connectivity index is 1.48. The van der Waals surface area contributed by atoms with Gasteiger partial charge < -0.3 is 9.80 Å². The van der Waals surface area contributed by atoms with E-state index in [2.05, 4.69) is 27.8 Å². The molecule has 0 aromatic carbocycles. The number of nitrogens with zero attached hydrogens (tertiary/aromatic N) is 4. The molecule has 4 rings (SSSR count). The second-order valence-electron chi connectivity index (χ2n) is 7.53. The van der Waals surface area contributed by atoms with Gasteiger partial charge in [0.05, 0.1) is 5.39 Å². The smallest absolute Gasteiger partial charge is 0.225 e. The number of piperazine rings is 1. The van der Waals surface area contributed by atoms with Gasteiger partial charge in [0.1, 0.15) is 16.5 Å². The SMILES string of the molecule is CCc1cc2c(N3CCN(C(=O)C4CCCCC4)CC3)nc(C)nc2s1. The third kappa shape index (κ3) is 3.43. The minimum absolute atomic E-state index is 0.271. The van der Waals surface area contributed by atoms with E-state index in [1.54, 1.807) is 11.3 Å². The molecule has 0 spiro atoms. The van der Waals surface area contributed by atoms with Crippen molar-refractivity contribution in [1.29, 1.82) is 0 Å². The Morgan fingerprint density at radius 3 is 2.58 bits per heavy atom. The van der Waals surface area contributed by atoms with Gasteiger partial charge >= 0.3 is 0 Å². The standard InChI is InChI=1S/C20H28N4OS/c1-3-16-13-17-18(21-14(2)22-19(17)26-16)23-9-11-24(12-10-23)20(25)15-7-5-4-6-8-15/h13,15H,3-12H2,1-2H3. The lowest BCUT2D eigenvalue weighted by molar-refractivity contribution is -0.136. The summed E-state index contributed by atoms with van der Waals surface area (Å²) in [6, 6.07) is 2.24. The van der Waals surface area contributed by atoms with Crippen molar-refractivity contribution < 1.29 is 4.79 Å². The Bertz CT molecular complexity index is 788. The molecule has 6 heteroatoms. The van der Waals surface area contributed by atoms with Crippen molar-refractivity contribution in [2.75, 3.05) is 31.1 Å².